The molecule has 0 radical (unpaired) electrons. The lowest BCUT2D eigenvalue weighted by atomic mass is 9.91. The Morgan fingerprint density at radius 2 is 1.88 bits per heavy atom. The van der Waals surface area contributed by atoms with Gasteiger partial charge < -0.3 is 5.32 Å². The fourth-order valence-electron chi connectivity index (χ4n) is 3.80. The van der Waals surface area contributed by atoms with E-state index in [0.717, 1.165) is 0 Å². The molecule has 0 aromatic rings. The minimum atomic E-state index is 0.385. The van der Waals surface area contributed by atoms with Crippen molar-refractivity contribution in [2.45, 2.75) is 76.8 Å². The second-order valence-electron chi connectivity index (χ2n) is 6.75. The van der Waals surface area contributed by atoms with E-state index in [0.29, 0.717) is 11.1 Å². The second kappa shape index (κ2) is 5.27. The fourth-order valence-corrected chi connectivity index (χ4v) is 3.80. The molecule has 0 amide bonds. The van der Waals surface area contributed by atoms with Crippen molar-refractivity contribution in [2.24, 2.45) is 0 Å². The Labute approximate surface area is 107 Å². The van der Waals surface area contributed by atoms with E-state index in [2.05, 4.69) is 31.0 Å². The maximum atomic E-state index is 3.86. The molecule has 0 aromatic carbocycles. The van der Waals surface area contributed by atoms with Gasteiger partial charge in [-0.1, -0.05) is 26.2 Å². The van der Waals surface area contributed by atoms with Gasteiger partial charge in [-0.15, -0.1) is 0 Å². The summed E-state index contributed by atoms with van der Waals surface area (Å²) in [4.78, 5) is 2.77. The number of hydrogen-bond acceptors (Lipinski definition) is 2. The highest BCUT2D eigenvalue weighted by molar-refractivity contribution is 4.99. The van der Waals surface area contributed by atoms with Gasteiger partial charge >= 0.3 is 0 Å². The van der Waals surface area contributed by atoms with Crippen LogP contribution in [-0.2, 0) is 0 Å². The molecule has 0 bridgehead atoms. The van der Waals surface area contributed by atoms with Gasteiger partial charge in [-0.2, -0.15) is 0 Å². The summed E-state index contributed by atoms with van der Waals surface area (Å²) >= 11 is 0. The molecule has 0 unspecified atom stereocenters. The molecule has 17 heavy (non-hydrogen) atoms. The predicted molar refractivity (Wildman–Crippen MR) is 74.4 cm³/mol. The molecule has 1 saturated carbocycles. The van der Waals surface area contributed by atoms with Crippen molar-refractivity contribution in [3.8, 4) is 0 Å². The van der Waals surface area contributed by atoms with Crippen LogP contribution >= 0.6 is 0 Å². The minimum Gasteiger partial charge on any atom is -0.310 e. The third kappa shape index (κ3) is 3.03. The van der Waals surface area contributed by atoms with E-state index in [1.165, 1.54) is 64.6 Å². The molecule has 1 aliphatic heterocycles. The summed E-state index contributed by atoms with van der Waals surface area (Å²) in [5, 5.41) is 3.86. The molecule has 2 fully saturated rings. The molecule has 100 valence electrons. The molecule has 1 aliphatic carbocycles. The quantitative estimate of drug-likeness (QED) is 0.812. The summed E-state index contributed by atoms with van der Waals surface area (Å²) < 4.78 is 0. The molecule has 2 heteroatoms. The molecule has 1 heterocycles. The van der Waals surface area contributed by atoms with E-state index in [9.17, 15) is 0 Å². The number of nitrogens with one attached hydrogen (secondary N) is 1. The highest BCUT2D eigenvalue weighted by Crippen LogP contribution is 2.34. The van der Waals surface area contributed by atoms with Crippen molar-refractivity contribution in [3.05, 3.63) is 0 Å². The summed E-state index contributed by atoms with van der Waals surface area (Å²) in [6.45, 7) is 11.0. The minimum absolute atomic E-state index is 0.385. The van der Waals surface area contributed by atoms with Crippen LogP contribution in [-0.4, -0.2) is 35.6 Å². The zero-order valence-electron chi connectivity index (χ0n) is 12.0. The first-order valence-corrected chi connectivity index (χ1v) is 7.58. The van der Waals surface area contributed by atoms with Crippen LogP contribution in [0.5, 0.6) is 0 Å². The Balaban J connectivity index is 2.06. The van der Waals surface area contributed by atoms with Gasteiger partial charge in [-0.3, -0.25) is 4.90 Å². The van der Waals surface area contributed by atoms with E-state index in [-0.39, 0.29) is 0 Å². The monoisotopic (exact) mass is 238 g/mol. The third-order valence-electron chi connectivity index (χ3n) is 4.88. The summed E-state index contributed by atoms with van der Waals surface area (Å²) in [5.74, 6) is 0. The molecule has 0 atom stereocenters. The number of rotatable bonds is 3. The van der Waals surface area contributed by atoms with Gasteiger partial charge in [-0.05, 0) is 52.6 Å². The Morgan fingerprint density at radius 3 is 2.53 bits per heavy atom. The summed E-state index contributed by atoms with van der Waals surface area (Å²) in [7, 11) is 0. The first kappa shape index (κ1) is 13.4. The van der Waals surface area contributed by atoms with Gasteiger partial charge in [0, 0.05) is 17.6 Å². The Morgan fingerprint density at radius 1 is 1.18 bits per heavy atom. The smallest absolute Gasteiger partial charge is 0.0309 e. The zero-order valence-corrected chi connectivity index (χ0v) is 12.0. The van der Waals surface area contributed by atoms with Gasteiger partial charge in [0.15, 0.2) is 0 Å². The highest BCUT2D eigenvalue weighted by Gasteiger charge is 2.39. The van der Waals surface area contributed by atoms with Gasteiger partial charge in [0.1, 0.15) is 0 Å². The van der Waals surface area contributed by atoms with Crippen LogP contribution < -0.4 is 5.32 Å². The van der Waals surface area contributed by atoms with Crippen molar-refractivity contribution >= 4 is 0 Å². The van der Waals surface area contributed by atoms with Crippen molar-refractivity contribution < 1.29 is 0 Å². The predicted octanol–water partition coefficient (Wildman–Crippen LogP) is 3.17. The lowest BCUT2D eigenvalue weighted by Gasteiger charge is -2.42. The highest BCUT2D eigenvalue weighted by atomic mass is 15.2. The first-order chi connectivity index (χ1) is 8.08. The topological polar surface area (TPSA) is 15.3 Å². The van der Waals surface area contributed by atoms with Crippen LogP contribution in [0.2, 0.25) is 0 Å². The average Bonchev–Trinajstić information content (AvgIpc) is 2.59. The normalized spacial score (nSPS) is 26.3. The standard InChI is InChI=1S/C15H30N2/c1-4-8-14(2,3)17-12-7-11-16-15(13-17)9-5-6-10-15/h16H,4-13H2,1-3H3. The molecular formula is C15H30N2. The van der Waals surface area contributed by atoms with Crippen molar-refractivity contribution in [1.82, 2.24) is 10.2 Å². The molecule has 2 aliphatic rings. The van der Waals surface area contributed by atoms with Crippen LogP contribution in [0, 0.1) is 0 Å². The summed E-state index contributed by atoms with van der Waals surface area (Å²) in [6.07, 6.45) is 9.57. The lowest BCUT2D eigenvalue weighted by molar-refractivity contribution is 0.0862. The van der Waals surface area contributed by atoms with Crippen LogP contribution in [0.4, 0.5) is 0 Å². The Hall–Kier alpha value is -0.0800. The molecule has 1 spiro atoms. The maximum Gasteiger partial charge on any atom is 0.0309 e. The Bertz CT molecular complexity index is 241. The molecule has 1 saturated heterocycles. The van der Waals surface area contributed by atoms with Crippen LogP contribution in [0.1, 0.15) is 65.7 Å². The number of hydrogen-bond donors (Lipinski definition) is 1. The van der Waals surface area contributed by atoms with Crippen molar-refractivity contribution in [3.63, 3.8) is 0 Å². The molecule has 0 aromatic heterocycles. The van der Waals surface area contributed by atoms with Gasteiger partial charge in [0.05, 0.1) is 0 Å². The van der Waals surface area contributed by atoms with Crippen LogP contribution in [0.15, 0.2) is 0 Å². The van der Waals surface area contributed by atoms with Crippen molar-refractivity contribution in [2.75, 3.05) is 19.6 Å². The molecular weight excluding hydrogens is 208 g/mol. The van der Waals surface area contributed by atoms with Gasteiger partial charge in [0.25, 0.3) is 0 Å². The number of nitrogens with zero attached hydrogens (tertiary/aromatic N) is 1. The lowest BCUT2D eigenvalue weighted by Crippen LogP contribution is -2.54. The van der Waals surface area contributed by atoms with E-state index >= 15 is 0 Å². The van der Waals surface area contributed by atoms with Gasteiger partial charge in [0.2, 0.25) is 0 Å². The van der Waals surface area contributed by atoms with E-state index < -0.39 is 0 Å². The molecule has 2 nitrogen and oxygen atoms in total. The van der Waals surface area contributed by atoms with E-state index in [4.69, 9.17) is 0 Å². The molecule has 2 rings (SSSR count). The second-order valence-corrected chi connectivity index (χ2v) is 6.75. The van der Waals surface area contributed by atoms with Crippen molar-refractivity contribution in [1.29, 1.82) is 0 Å². The van der Waals surface area contributed by atoms with E-state index in [1.54, 1.807) is 0 Å². The summed E-state index contributed by atoms with van der Waals surface area (Å²) in [5.41, 5.74) is 0.845. The average molecular weight is 238 g/mol. The fraction of sp³-hybridized carbons (Fsp3) is 1.00. The third-order valence-corrected chi connectivity index (χ3v) is 4.88. The largest absolute Gasteiger partial charge is 0.310 e. The Kier molecular flexibility index (Phi) is 4.14. The van der Waals surface area contributed by atoms with E-state index in [1.807, 2.05) is 0 Å². The van der Waals surface area contributed by atoms with Crippen LogP contribution in [0.3, 0.4) is 0 Å². The summed E-state index contributed by atoms with van der Waals surface area (Å²) in [6, 6.07) is 0. The van der Waals surface area contributed by atoms with Crippen LogP contribution in [0.25, 0.3) is 0 Å². The SMILES string of the molecule is CCCC(C)(C)N1CCCNC2(CCCC2)C1. The zero-order chi connectivity index (χ0) is 12.4. The van der Waals surface area contributed by atoms with Gasteiger partial charge in [-0.25, -0.2) is 0 Å². The maximum absolute atomic E-state index is 3.86. The molecule has 1 N–H and O–H groups in total. The first-order valence-electron chi connectivity index (χ1n) is 7.58.